The maximum Gasteiger partial charge on any atom is 0.264 e. The summed E-state index contributed by atoms with van der Waals surface area (Å²) in [6.07, 6.45) is 0. The first-order chi connectivity index (χ1) is 7.99. The molecule has 17 heavy (non-hydrogen) atoms. The molecule has 1 N–H and O–H groups in total. The zero-order chi connectivity index (χ0) is 12.6. The van der Waals surface area contributed by atoms with Gasteiger partial charge < -0.3 is 4.98 Å². The van der Waals surface area contributed by atoms with Crippen LogP contribution in [0.4, 0.5) is 0 Å². The molecule has 0 aliphatic carbocycles. The highest BCUT2D eigenvalue weighted by Gasteiger charge is 2.10. The average Bonchev–Trinajstić information content (AvgIpc) is 2.28. The molecule has 3 nitrogen and oxygen atoms in total. The Labute approximate surface area is 121 Å². The van der Waals surface area contributed by atoms with Crippen molar-refractivity contribution in [2.45, 2.75) is 6.92 Å². The van der Waals surface area contributed by atoms with Crippen molar-refractivity contribution in [1.82, 2.24) is 9.97 Å². The Hall–Kier alpha value is -0.590. The number of nitrogens with one attached hydrogen (secondary N) is 1. The largest absolute Gasteiger partial charge is 0.306 e. The molecule has 0 atom stereocenters. The zero-order valence-electron chi connectivity index (χ0n) is 8.72. The first-order valence-electron chi connectivity index (χ1n) is 4.71. The molecule has 88 valence electrons. The van der Waals surface area contributed by atoms with Gasteiger partial charge in [-0.1, -0.05) is 23.2 Å². The summed E-state index contributed by atoms with van der Waals surface area (Å²) < 4.78 is 0.574. The molecular weight excluding hydrogens is 374 g/mol. The molecule has 2 aromatic rings. The lowest BCUT2D eigenvalue weighted by molar-refractivity contribution is 1.05. The van der Waals surface area contributed by atoms with Gasteiger partial charge in [0.1, 0.15) is 5.82 Å². The molecule has 0 radical (unpaired) electrons. The molecule has 0 saturated heterocycles. The van der Waals surface area contributed by atoms with E-state index in [1.807, 2.05) is 22.6 Å². The predicted octanol–water partition coefficient (Wildman–Crippen LogP) is 3.66. The summed E-state index contributed by atoms with van der Waals surface area (Å²) in [5.74, 6) is 0.431. The van der Waals surface area contributed by atoms with E-state index in [9.17, 15) is 4.79 Å². The third kappa shape index (κ3) is 2.64. The Morgan fingerprint density at radius 2 is 2.06 bits per heavy atom. The van der Waals surface area contributed by atoms with E-state index in [0.29, 0.717) is 30.7 Å². The molecule has 0 saturated carbocycles. The molecule has 0 aliphatic rings. The van der Waals surface area contributed by atoms with Crippen LogP contribution >= 0.6 is 45.8 Å². The summed E-state index contributed by atoms with van der Waals surface area (Å²) in [6, 6.07) is 5.03. The Morgan fingerprint density at radius 3 is 2.71 bits per heavy atom. The summed E-state index contributed by atoms with van der Waals surface area (Å²) in [5.41, 5.74) is 1.11. The van der Waals surface area contributed by atoms with Gasteiger partial charge in [0.25, 0.3) is 5.56 Å². The van der Waals surface area contributed by atoms with Crippen LogP contribution in [-0.4, -0.2) is 9.97 Å². The van der Waals surface area contributed by atoms with Crippen molar-refractivity contribution in [3.63, 3.8) is 0 Å². The van der Waals surface area contributed by atoms with E-state index < -0.39 is 0 Å². The van der Waals surface area contributed by atoms with E-state index in [0.717, 1.165) is 0 Å². The summed E-state index contributed by atoms with van der Waals surface area (Å²) in [4.78, 5) is 18.6. The maximum absolute atomic E-state index is 11.7. The van der Waals surface area contributed by atoms with Crippen LogP contribution in [0.3, 0.4) is 0 Å². The van der Waals surface area contributed by atoms with Crippen molar-refractivity contribution < 1.29 is 0 Å². The normalized spacial score (nSPS) is 10.6. The summed E-state index contributed by atoms with van der Waals surface area (Å²) in [5, 5.41) is 1.04. The average molecular weight is 381 g/mol. The van der Waals surface area contributed by atoms with Gasteiger partial charge in [0.05, 0.1) is 14.3 Å². The van der Waals surface area contributed by atoms with Gasteiger partial charge in [-0.15, -0.1) is 0 Å². The molecule has 2 rings (SSSR count). The first kappa shape index (κ1) is 12.9. The molecule has 0 unspecified atom stereocenters. The van der Waals surface area contributed by atoms with Crippen molar-refractivity contribution in [3.8, 4) is 11.4 Å². The second kappa shape index (κ2) is 4.96. The Kier molecular flexibility index (Phi) is 3.75. The van der Waals surface area contributed by atoms with Crippen LogP contribution < -0.4 is 5.56 Å². The SMILES string of the molecule is Cc1nc(-c2cc(Cl)ccc2Cl)[nH]c(=O)c1I. The zero-order valence-corrected chi connectivity index (χ0v) is 12.4. The van der Waals surface area contributed by atoms with E-state index >= 15 is 0 Å². The minimum absolute atomic E-state index is 0.177. The highest BCUT2D eigenvalue weighted by atomic mass is 127. The van der Waals surface area contributed by atoms with Crippen LogP contribution in [0.15, 0.2) is 23.0 Å². The number of rotatable bonds is 1. The number of nitrogens with zero attached hydrogens (tertiary/aromatic N) is 1. The van der Waals surface area contributed by atoms with Crippen LogP contribution in [0.5, 0.6) is 0 Å². The number of hydrogen-bond acceptors (Lipinski definition) is 2. The number of hydrogen-bond donors (Lipinski definition) is 1. The molecule has 1 aromatic carbocycles. The van der Waals surface area contributed by atoms with Crippen molar-refractivity contribution in [1.29, 1.82) is 0 Å². The Bertz CT molecular complexity index is 640. The third-order valence-corrected chi connectivity index (χ3v) is 4.05. The number of H-pyrrole nitrogens is 1. The number of benzene rings is 1. The summed E-state index contributed by atoms with van der Waals surface area (Å²) >= 11 is 13.9. The molecule has 0 aliphatic heterocycles. The van der Waals surface area contributed by atoms with Gasteiger partial charge in [0.15, 0.2) is 0 Å². The molecule has 0 amide bonds. The molecule has 1 heterocycles. The van der Waals surface area contributed by atoms with E-state index in [-0.39, 0.29) is 5.56 Å². The van der Waals surface area contributed by atoms with Gasteiger partial charge in [0.2, 0.25) is 0 Å². The molecule has 0 spiro atoms. The number of aromatic nitrogens is 2. The van der Waals surface area contributed by atoms with Crippen LogP contribution in [0.25, 0.3) is 11.4 Å². The Morgan fingerprint density at radius 1 is 1.35 bits per heavy atom. The molecule has 0 bridgehead atoms. The van der Waals surface area contributed by atoms with Gasteiger partial charge in [-0.05, 0) is 47.7 Å². The van der Waals surface area contributed by atoms with Gasteiger partial charge in [0, 0.05) is 10.6 Å². The topological polar surface area (TPSA) is 45.8 Å². The standard InChI is InChI=1S/C11H7Cl2IN2O/c1-5-9(14)11(17)16-10(15-5)7-4-6(12)2-3-8(7)13/h2-4H,1H3,(H,15,16,17). The van der Waals surface area contributed by atoms with E-state index in [4.69, 9.17) is 23.2 Å². The Balaban J connectivity index is 2.69. The molecule has 1 aromatic heterocycles. The lowest BCUT2D eigenvalue weighted by atomic mass is 10.2. The predicted molar refractivity (Wildman–Crippen MR) is 77.8 cm³/mol. The third-order valence-electron chi connectivity index (χ3n) is 2.21. The minimum atomic E-state index is -0.177. The van der Waals surface area contributed by atoms with Gasteiger partial charge >= 0.3 is 0 Å². The van der Waals surface area contributed by atoms with Crippen LogP contribution in [-0.2, 0) is 0 Å². The smallest absolute Gasteiger partial charge is 0.264 e. The van der Waals surface area contributed by atoms with Gasteiger partial charge in [-0.3, -0.25) is 4.79 Å². The second-order valence-electron chi connectivity index (χ2n) is 3.44. The van der Waals surface area contributed by atoms with Crippen LogP contribution in [0.2, 0.25) is 10.0 Å². The van der Waals surface area contributed by atoms with Gasteiger partial charge in [-0.2, -0.15) is 0 Å². The maximum atomic E-state index is 11.7. The summed E-state index contributed by atoms with van der Waals surface area (Å²) in [7, 11) is 0. The van der Waals surface area contributed by atoms with Gasteiger partial charge in [-0.25, -0.2) is 4.98 Å². The number of aromatic amines is 1. The monoisotopic (exact) mass is 380 g/mol. The molecule has 6 heteroatoms. The quantitative estimate of drug-likeness (QED) is 0.767. The van der Waals surface area contributed by atoms with E-state index in [2.05, 4.69) is 9.97 Å². The molecular formula is C11H7Cl2IN2O. The highest BCUT2D eigenvalue weighted by molar-refractivity contribution is 14.1. The first-order valence-corrected chi connectivity index (χ1v) is 6.54. The highest BCUT2D eigenvalue weighted by Crippen LogP contribution is 2.27. The minimum Gasteiger partial charge on any atom is -0.306 e. The fourth-order valence-electron chi connectivity index (χ4n) is 1.38. The van der Waals surface area contributed by atoms with Crippen LogP contribution in [0, 0.1) is 10.5 Å². The van der Waals surface area contributed by atoms with Crippen LogP contribution in [0.1, 0.15) is 5.69 Å². The van der Waals surface area contributed by atoms with Crippen molar-refractivity contribution >= 4 is 45.8 Å². The summed E-state index contributed by atoms with van der Waals surface area (Å²) in [6.45, 7) is 1.78. The van der Waals surface area contributed by atoms with E-state index in [1.54, 1.807) is 25.1 Å². The van der Waals surface area contributed by atoms with Crippen molar-refractivity contribution in [2.24, 2.45) is 0 Å². The van der Waals surface area contributed by atoms with E-state index in [1.165, 1.54) is 0 Å². The fraction of sp³-hybridized carbons (Fsp3) is 0.0909. The number of aryl methyl sites for hydroxylation is 1. The fourth-order valence-corrected chi connectivity index (χ4v) is 2.01. The van der Waals surface area contributed by atoms with Crippen molar-refractivity contribution in [2.75, 3.05) is 0 Å². The van der Waals surface area contributed by atoms with Crippen molar-refractivity contribution in [3.05, 3.63) is 47.9 Å². The number of halogens is 3. The lowest BCUT2D eigenvalue weighted by Crippen LogP contribution is -2.14. The second-order valence-corrected chi connectivity index (χ2v) is 5.36. The molecule has 0 fully saturated rings. The lowest BCUT2D eigenvalue weighted by Gasteiger charge is -2.06.